The van der Waals surface area contributed by atoms with Gasteiger partial charge in [0.25, 0.3) is 5.69 Å². The summed E-state index contributed by atoms with van der Waals surface area (Å²) in [4.78, 5) is 21.8. The fourth-order valence-electron chi connectivity index (χ4n) is 2.13. The molecule has 7 nitrogen and oxygen atoms in total. The molecule has 10 heteroatoms. The summed E-state index contributed by atoms with van der Waals surface area (Å²) in [7, 11) is 0. The monoisotopic (exact) mass is 369 g/mol. The topological polar surface area (TPSA) is 104 Å². The van der Waals surface area contributed by atoms with Gasteiger partial charge in [-0.1, -0.05) is 6.07 Å². The Labute approximate surface area is 145 Å². The van der Waals surface area contributed by atoms with Crippen LogP contribution >= 0.6 is 0 Å². The van der Waals surface area contributed by atoms with Gasteiger partial charge in [-0.15, -0.1) is 0 Å². The highest BCUT2D eigenvalue weighted by Gasteiger charge is 2.33. The first-order chi connectivity index (χ1) is 12.2. The van der Waals surface area contributed by atoms with E-state index in [1.807, 2.05) is 0 Å². The summed E-state index contributed by atoms with van der Waals surface area (Å²) >= 11 is 0. The minimum Gasteiger partial charge on any atom is -0.508 e. The highest BCUT2D eigenvalue weighted by molar-refractivity contribution is 5.91. The number of hydrogen-bond acceptors (Lipinski definition) is 5. The summed E-state index contributed by atoms with van der Waals surface area (Å²) in [6, 6.07) is 7.99. The van der Waals surface area contributed by atoms with Gasteiger partial charge in [0, 0.05) is 30.8 Å². The third-order valence-electron chi connectivity index (χ3n) is 3.32. The molecule has 3 N–H and O–H groups in total. The molecule has 0 aromatic heterocycles. The maximum absolute atomic E-state index is 12.6. The van der Waals surface area contributed by atoms with Crippen LogP contribution in [0.2, 0.25) is 0 Å². The number of nitrogens with zero attached hydrogens (tertiary/aromatic N) is 1. The van der Waals surface area contributed by atoms with Gasteiger partial charge in [-0.05, 0) is 24.3 Å². The fraction of sp³-hybridized carbons (Fsp3) is 0.188. The van der Waals surface area contributed by atoms with Gasteiger partial charge in [-0.25, -0.2) is 0 Å². The molecule has 0 aliphatic rings. The van der Waals surface area contributed by atoms with Crippen LogP contribution in [0.5, 0.6) is 5.75 Å². The van der Waals surface area contributed by atoms with Crippen molar-refractivity contribution < 1.29 is 28.0 Å². The van der Waals surface area contributed by atoms with Crippen LogP contribution in [0, 0.1) is 10.1 Å². The molecule has 0 fully saturated rings. The first kappa shape index (κ1) is 19.0. The lowest BCUT2D eigenvalue weighted by Crippen LogP contribution is -2.16. The van der Waals surface area contributed by atoms with Crippen molar-refractivity contribution in [2.75, 3.05) is 17.2 Å². The van der Waals surface area contributed by atoms with Crippen LogP contribution in [0.4, 0.5) is 30.2 Å². The number of phenols is 1. The number of amides is 1. The molecule has 0 spiro atoms. The maximum Gasteiger partial charge on any atom is 0.416 e. The van der Waals surface area contributed by atoms with Crippen molar-refractivity contribution in [1.82, 2.24) is 0 Å². The molecule has 0 aliphatic heterocycles. The van der Waals surface area contributed by atoms with Crippen LogP contribution in [0.1, 0.15) is 12.0 Å². The largest absolute Gasteiger partial charge is 0.508 e. The minimum absolute atomic E-state index is 0.0266. The van der Waals surface area contributed by atoms with E-state index in [1.54, 1.807) is 6.07 Å². The highest BCUT2D eigenvalue weighted by atomic mass is 19.4. The van der Waals surface area contributed by atoms with Gasteiger partial charge in [0.2, 0.25) is 5.91 Å². The number of carbonyl (C=O) groups excluding carboxylic acids is 1. The van der Waals surface area contributed by atoms with Gasteiger partial charge in [0.1, 0.15) is 11.4 Å². The van der Waals surface area contributed by atoms with E-state index in [0.29, 0.717) is 11.8 Å². The zero-order valence-electron chi connectivity index (χ0n) is 13.2. The van der Waals surface area contributed by atoms with Crippen LogP contribution in [-0.2, 0) is 11.0 Å². The van der Waals surface area contributed by atoms with E-state index < -0.39 is 28.3 Å². The number of alkyl halides is 3. The molecule has 1 amide bonds. The molecule has 0 radical (unpaired) electrons. The maximum atomic E-state index is 12.6. The second kappa shape index (κ2) is 7.72. The Morgan fingerprint density at radius 1 is 1.19 bits per heavy atom. The number of hydrogen-bond donors (Lipinski definition) is 3. The molecule has 0 saturated heterocycles. The molecule has 138 valence electrons. The molecule has 2 aromatic carbocycles. The summed E-state index contributed by atoms with van der Waals surface area (Å²) in [6.45, 7) is -0.0309. The normalized spacial score (nSPS) is 11.0. The number of aromatic hydroxyl groups is 1. The molecule has 0 aliphatic carbocycles. The first-order valence-corrected chi connectivity index (χ1v) is 7.35. The van der Waals surface area contributed by atoms with Crippen LogP contribution in [-0.4, -0.2) is 22.5 Å². The molecule has 0 saturated carbocycles. The van der Waals surface area contributed by atoms with E-state index in [4.69, 9.17) is 0 Å². The van der Waals surface area contributed by atoms with Crippen LogP contribution in [0.15, 0.2) is 42.5 Å². The molecule has 0 atom stereocenters. The summed E-state index contributed by atoms with van der Waals surface area (Å²) < 4.78 is 37.9. The first-order valence-electron chi connectivity index (χ1n) is 7.35. The summed E-state index contributed by atoms with van der Waals surface area (Å²) in [5.41, 5.74) is -1.60. The van der Waals surface area contributed by atoms with Crippen LogP contribution < -0.4 is 10.6 Å². The molecule has 0 heterocycles. The van der Waals surface area contributed by atoms with Gasteiger partial charge in [0.15, 0.2) is 0 Å². The van der Waals surface area contributed by atoms with E-state index in [1.165, 1.54) is 18.2 Å². The van der Waals surface area contributed by atoms with Crippen molar-refractivity contribution in [3.05, 3.63) is 58.1 Å². The lowest BCUT2D eigenvalue weighted by Gasteiger charge is -2.11. The fourth-order valence-corrected chi connectivity index (χ4v) is 2.13. The van der Waals surface area contributed by atoms with Crippen molar-refractivity contribution in [2.45, 2.75) is 12.6 Å². The second-order valence-electron chi connectivity index (χ2n) is 5.26. The number of nitro groups is 1. The van der Waals surface area contributed by atoms with Crippen LogP contribution in [0.25, 0.3) is 0 Å². The second-order valence-corrected chi connectivity index (χ2v) is 5.26. The molecule has 2 rings (SSSR count). The van der Waals surface area contributed by atoms with E-state index in [9.17, 15) is 33.2 Å². The Morgan fingerprint density at radius 3 is 2.54 bits per heavy atom. The van der Waals surface area contributed by atoms with E-state index in [-0.39, 0.29) is 24.4 Å². The number of carbonyl (C=O) groups is 1. The number of benzene rings is 2. The standard InChI is InChI=1S/C16H14F3N3O4/c17-16(18,19)10-4-5-13(14(8-10)22(25)26)20-7-6-15(24)21-11-2-1-3-12(23)9-11/h1-5,8-9,20,23H,6-7H2,(H,21,24). The third kappa shape index (κ3) is 5.10. The molecular weight excluding hydrogens is 355 g/mol. The van der Waals surface area contributed by atoms with Gasteiger partial charge < -0.3 is 15.7 Å². The van der Waals surface area contributed by atoms with Crippen molar-refractivity contribution >= 4 is 23.0 Å². The lowest BCUT2D eigenvalue weighted by atomic mass is 10.1. The summed E-state index contributed by atoms with van der Waals surface area (Å²) in [5, 5.41) is 25.4. The number of phenolic OH excluding ortho intramolecular Hbond substituents is 1. The minimum atomic E-state index is -4.69. The predicted molar refractivity (Wildman–Crippen MR) is 87.9 cm³/mol. The zero-order chi connectivity index (χ0) is 19.3. The predicted octanol–water partition coefficient (Wildman–Crippen LogP) is 3.76. The molecule has 0 bridgehead atoms. The van der Waals surface area contributed by atoms with Gasteiger partial charge in [0.05, 0.1) is 10.5 Å². The Hall–Kier alpha value is -3.30. The number of nitro benzene ring substituents is 1. The number of halogens is 3. The molecule has 0 unspecified atom stereocenters. The Morgan fingerprint density at radius 2 is 1.92 bits per heavy atom. The van der Waals surface area contributed by atoms with Crippen molar-refractivity contribution in [1.29, 1.82) is 0 Å². The smallest absolute Gasteiger partial charge is 0.416 e. The van der Waals surface area contributed by atoms with E-state index in [0.717, 1.165) is 12.1 Å². The summed E-state index contributed by atoms with van der Waals surface area (Å²) in [6.07, 6.45) is -4.78. The number of nitrogens with one attached hydrogen (secondary N) is 2. The van der Waals surface area contributed by atoms with Crippen molar-refractivity contribution in [3.8, 4) is 5.75 Å². The average Bonchev–Trinajstić information content (AvgIpc) is 2.53. The lowest BCUT2D eigenvalue weighted by molar-refractivity contribution is -0.384. The Bertz CT molecular complexity index is 825. The summed E-state index contributed by atoms with van der Waals surface area (Å²) in [5.74, 6) is -0.459. The highest BCUT2D eigenvalue weighted by Crippen LogP contribution is 2.34. The van der Waals surface area contributed by atoms with E-state index in [2.05, 4.69) is 10.6 Å². The quantitative estimate of drug-likeness (QED) is 0.531. The van der Waals surface area contributed by atoms with Gasteiger partial charge in [-0.2, -0.15) is 13.2 Å². The van der Waals surface area contributed by atoms with Gasteiger partial charge >= 0.3 is 6.18 Å². The SMILES string of the molecule is O=C(CCNc1ccc(C(F)(F)F)cc1[N+](=O)[O-])Nc1cccc(O)c1. The van der Waals surface area contributed by atoms with Gasteiger partial charge in [-0.3, -0.25) is 14.9 Å². The van der Waals surface area contributed by atoms with Crippen molar-refractivity contribution in [3.63, 3.8) is 0 Å². The van der Waals surface area contributed by atoms with E-state index >= 15 is 0 Å². The zero-order valence-corrected chi connectivity index (χ0v) is 13.2. The Balaban J connectivity index is 1.98. The number of anilines is 2. The van der Waals surface area contributed by atoms with Crippen LogP contribution in [0.3, 0.4) is 0 Å². The molecule has 2 aromatic rings. The third-order valence-corrected chi connectivity index (χ3v) is 3.32. The average molecular weight is 369 g/mol. The number of rotatable bonds is 6. The molecular formula is C16H14F3N3O4. The van der Waals surface area contributed by atoms with Crippen molar-refractivity contribution in [2.24, 2.45) is 0 Å². The molecule has 26 heavy (non-hydrogen) atoms. The Kier molecular flexibility index (Phi) is 5.65.